The van der Waals surface area contributed by atoms with Gasteiger partial charge in [-0.1, -0.05) is 6.07 Å². The van der Waals surface area contributed by atoms with Crippen LogP contribution in [-0.4, -0.2) is 44.9 Å². The topological polar surface area (TPSA) is 92.5 Å². The van der Waals surface area contributed by atoms with Crippen LogP contribution in [0.5, 0.6) is 0 Å². The molecule has 1 saturated heterocycles. The van der Waals surface area contributed by atoms with Gasteiger partial charge in [0.15, 0.2) is 0 Å². The van der Waals surface area contributed by atoms with Gasteiger partial charge in [0.1, 0.15) is 5.82 Å². The quantitative estimate of drug-likeness (QED) is 0.820. The summed E-state index contributed by atoms with van der Waals surface area (Å²) in [7, 11) is -3.80. The van der Waals surface area contributed by atoms with Crippen molar-refractivity contribution in [2.45, 2.75) is 30.2 Å². The number of carbonyl (C=O) groups is 1. The third kappa shape index (κ3) is 4.25. The van der Waals surface area contributed by atoms with Crippen molar-refractivity contribution in [2.75, 3.05) is 19.6 Å². The number of halogens is 1. The molecule has 22 heavy (non-hydrogen) atoms. The van der Waals surface area contributed by atoms with E-state index in [1.54, 1.807) is 4.90 Å². The van der Waals surface area contributed by atoms with E-state index in [4.69, 9.17) is 5.73 Å². The Morgan fingerprint density at radius 1 is 1.45 bits per heavy atom. The van der Waals surface area contributed by atoms with Gasteiger partial charge >= 0.3 is 0 Å². The highest BCUT2D eigenvalue weighted by molar-refractivity contribution is 7.89. The van der Waals surface area contributed by atoms with Gasteiger partial charge in [0, 0.05) is 32.1 Å². The lowest BCUT2D eigenvalue weighted by molar-refractivity contribution is -0.132. The third-order valence-corrected chi connectivity index (χ3v) is 5.08. The molecule has 0 saturated carbocycles. The van der Waals surface area contributed by atoms with Gasteiger partial charge in [-0.05, 0) is 31.0 Å². The molecule has 1 heterocycles. The second-order valence-corrected chi connectivity index (χ2v) is 7.01. The van der Waals surface area contributed by atoms with E-state index >= 15 is 0 Å². The maximum absolute atomic E-state index is 13.2. The Hall–Kier alpha value is -1.51. The van der Waals surface area contributed by atoms with Crippen LogP contribution in [0.3, 0.4) is 0 Å². The highest BCUT2D eigenvalue weighted by atomic mass is 32.2. The van der Waals surface area contributed by atoms with E-state index in [9.17, 15) is 17.6 Å². The summed E-state index contributed by atoms with van der Waals surface area (Å²) in [4.78, 5) is 13.4. The Bertz CT molecular complexity index is 636. The number of hydrogen-bond donors (Lipinski definition) is 2. The summed E-state index contributed by atoms with van der Waals surface area (Å²) in [5.41, 5.74) is 5.37. The van der Waals surface area contributed by atoms with Crippen LogP contribution in [0.1, 0.15) is 19.3 Å². The number of benzene rings is 1. The predicted molar refractivity (Wildman–Crippen MR) is 80.0 cm³/mol. The van der Waals surface area contributed by atoms with Gasteiger partial charge in [0.05, 0.1) is 4.90 Å². The average Bonchev–Trinajstić information content (AvgIpc) is 2.47. The van der Waals surface area contributed by atoms with Crippen molar-refractivity contribution in [2.24, 2.45) is 5.73 Å². The molecule has 1 unspecified atom stereocenters. The van der Waals surface area contributed by atoms with E-state index in [2.05, 4.69) is 4.72 Å². The molecule has 0 radical (unpaired) electrons. The number of hydrogen-bond acceptors (Lipinski definition) is 4. The number of amides is 1. The molecule has 1 amide bonds. The van der Waals surface area contributed by atoms with Gasteiger partial charge < -0.3 is 10.6 Å². The van der Waals surface area contributed by atoms with E-state index in [0.717, 1.165) is 6.07 Å². The molecular weight excluding hydrogens is 309 g/mol. The Labute approximate surface area is 129 Å². The van der Waals surface area contributed by atoms with Gasteiger partial charge in [-0.2, -0.15) is 0 Å². The summed E-state index contributed by atoms with van der Waals surface area (Å²) < 4.78 is 40.2. The molecule has 2 rings (SSSR count). The van der Waals surface area contributed by atoms with Crippen LogP contribution in [-0.2, 0) is 14.8 Å². The molecule has 0 bridgehead atoms. The van der Waals surface area contributed by atoms with E-state index in [0.29, 0.717) is 25.9 Å². The lowest BCUT2D eigenvalue weighted by Crippen LogP contribution is -2.49. The maximum atomic E-state index is 13.2. The molecule has 122 valence electrons. The van der Waals surface area contributed by atoms with Crippen molar-refractivity contribution < 1.29 is 17.6 Å². The molecule has 1 atom stereocenters. The molecule has 0 aliphatic carbocycles. The number of nitrogens with zero attached hydrogens (tertiary/aromatic N) is 1. The average molecular weight is 329 g/mol. The van der Waals surface area contributed by atoms with Crippen LogP contribution >= 0.6 is 0 Å². The minimum atomic E-state index is -3.80. The number of piperidine rings is 1. The number of sulfonamides is 1. The van der Waals surface area contributed by atoms with Crippen molar-refractivity contribution in [1.29, 1.82) is 0 Å². The van der Waals surface area contributed by atoms with Crippen LogP contribution in [0.2, 0.25) is 0 Å². The standard InChI is InChI=1S/C14H20FN3O3S/c15-11-3-1-5-13(9-11)22(20,21)17-12-4-2-8-18(10-12)14(19)6-7-16/h1,3,5,9,12,17H,2,4,6-8,10,16H2. The lowest BCUT2D eigenvalue weighted by atomic mass is 10.1. The molecule has 1 aromatic rings. The Balaban J connectivity index is 2.04. The van der Waals surface area contributed by atoms with E-state index in [1.807, 2.05) is 0 Å². The first-order valence-electron chi connectivity index (χ1n) is 7.18. The first-order chi connectivity index (χ1) is 10.4. The van der Waals surface area contributed by atoms with Crippen molar-refractivity contribution in [3.63, 3.8) is 0 Å². The molecule has 3 N–H and O–H groups in total. The highest BCUT2D eigenvalue weighted by Gasteiger charge is 2.27. The second kappa shape index (κ2) is 7.17. The molecule has 1 aromatic carbocycles. The van der Waals surface area contributed by atoms with Crippen LogP contribution in [0, 0.1) is 5.82 Å². The molecule has 1 aliphatic rings. The van der Waals surface area contributed by atoms with Gasteiger partial charge in [0.2, 0.25) is 15.9 Å². The van der Waals surface area contributed by atoms with Crippen molar-refractivity contribution in [1.82, 2.24) is 9.62 Å². The fourth-order valence-electron chi connectivity index (χ4n) is 2.50. The first kappa shape index (κ1) is 16.9. The zero-order valence-corrected chi connectivity index (χ0v) is 13.0. The van der Waals surface area contributed by atoms with Crippen LogP contribution in [0.25, 0.3) is 0 Å². The molecule has 1 aliphatic heterocycles. The number of rotatable bonds is 5. The Morgan fingerprint density at radius 2 is 2.23 bits per heavy atom. The molecule has 6 nitrogen and oxygen atoms in total. The van der Waals surface area contributed by atoms with E-state index in [1.165, 1.54) is 18.2 Å². The zero-order valence-electron chi connectivity index (χ0n) is 12.2. The summed E-state index contributed by atoms with van der Waals surface area (Å²) in [5, 5.41) is 0. The molecule has 0 spiro atoms. The maximum Gasteiger partial charge on any atom is 0.240 e. The summed E-state index contributed by atoms with van der Waals surface area (Å²) >= 11 is 0. The Kier molecular flexibility index (Phi) is 5.49. The number of carbonyl (C=O) groups excluding carboxylic acids is 1. The molecular formula is C14H20FN3O3S. The van der Waals surface area contributed by atoms with E-state index in [-0.39, 0.29) is 29.8 Å². The van der Waals surface area contributed by atoms with Gasteiger partial charge in [-0.25, -0.2) is 17.5 Å². The molecule has 0 aromatic heterocycles. The van der Waals surface area contributed by atoms with Gasteiger partial charge in [0.25, 0.3) is 0 Å². The first-order valence-corrected chi connectivity index (χ1v) is 8.66. The lowest BCUT2D eigenvalue weighted by Gasteiger charge is -2.33. The number of likely N-dealkylation sites (tertiary alicyclic amines) is 1. The van der Waals surface area contributed by atoms with Crippen molar-refractivity contribution >= 4 is 15.9 Å². The smallest absolute Gasteiger partial charge is 0.240 e. The fraction of sp³-hybridized carbons (Fsp3) is 0.500. The minimum Gasteiger partial charge on any atom is -0.341 e. The molecule has 8 heteroatoms. The SMILES string of the molecule is NCCC(=O)N1CCCC(NS(=O)(=O)c2cccc(F)c2)C1. The second-order valence-electron chi connectivity index (χ2n) is 5.30. The summed E-state index contributed by atoms with van der Waals surface area (Å²) in [5.74, 6) is -0.677. The van der Waals surface area contributed by atoms with E-state index < -0.39 is 15.8 Å². The number of nitrogens with one attached hydrogen (secondary N) is 1. The predicted octanol–water partition coefficient (Wildman–Crippen LogP) is 0.444. The van der Waals surface area contributed by atoms with Crippen LogP contribution in [0.15, 0.2) is 29.2 Å². The summed E-state index contributed by atoms with van der Waals surface area (Å²) in [6.07, 6.45) is 1.61. The van der Waals surface area contributed by atoms with Gasteiger partial charge in [-0.3, -0.25) is 4.79 Å². The number of nitrogens with two attached hydrogens (primary N) is 1. The Morgan fingerprint density at radius 3 is 2.91 bits per heavy atom. The fourth-order valence-corrected chi connectivity index (χ4v) is 3.80. The third-order valence-electron chi connectivity index (χ3n) is 3.56. The summed E-state index contributed by atoms with van der Waals surface area (Å²) in [6.45, 7) is 1.19. The largest absolute Gasteiger partial charge is 0.341 e. The molecule has 1 fully saturated rings. The highest BCUT2D eigenvalue weighted by Crippen LogP contribution is 2.16. The normalized spacial score (nSPS) is 19.2. The van der Waals surface area contributed by atoms with Crippen molar-refractivity contribution in [3.8, 4) is 0 Å². The monoisotopic (exact) mass is 329 g/mol. The zero-order chi connectivity index (χ0) is 16.2. The van der Waals surface area contributed by atoms with Crippen LogP contribution < -0.4 is 10.5 Å². The minimum absolute atomic E-state index is 0.0721. The van der Waals surface area contributed by atoms with Crippen molar-refractivity contribution in [3.05, 3.63) is 30.1 Å². The van der Waals surface area contributed by atoms with Gasteiger partial charge in [-0.15, -0.1) is 0 Å². The summed E-state index contributed by atoms with van der Waals surface area (Å²) in [6, 6.07) is 4.48. The van der Waals surface area contributed by atoms with Crippen LogP contribution in [0.4, 0.5) is 4.39 Å².